The number of ketones is 1. The van der Waals surface area contributed by atoms with Gasteiger partial charge >= 0.3 is 0 Å². The van der Waals surface area contributed by atoms with Crippen molar-refractivity contribution in [3.63, 3.8) is 0 Å². The van der Waals surface area contributed by atoms with Crippen LogP contribution in [0.4, 0.5) is 0 Å². The zero-order valence-corrected chi connectivity index (χ0v) is 14.1. The van der Waals surface area contributed by atoms with E-state index < -0.39 is 5.60 Å². The molecule has 0 saturated heterocycles. The van der Waals surface area contributed by atoms with E-state index in [0.29, 0.717) is 17.8 Å². The first-order valence-electron chi connectivity index (χ1n) is 8.95. The fraction of sp³-hybridized carbons (Fsp3) is 0.750. The molecule has 0 aliphatic heterocycles. The van der Waals surface area contributed by atoms with E-state index in [1.165, 1.54) is 24.8 Å². The molecule has 0 aromatic rings. The van der Waals surface area contributed by atoms with Gasteiger partial charge in [0.25, 0.3) is 0 Å². The van der Waals surface area contributed by atoms with Crippen molar-refractivity contribution in [2.75, 3.05) is 0 Å². The van der Waals surface area contributed by atoms with Gasteiger partial charge in [-0.15, -0.1) is 0 Å². The van der Waals surface area contributed by atoms with E-state index in [2.05, 4.69) is 26.8 Å². The molecular formula is C20H28O2. The number of fused-ring (bicyclic) bond motifs is 5. The Labute approximate surface area is 133 Å². The summed E-state index contributed by atoms with van der Waals surface area (Å²) in [5, 5.41) is 10.9. The van der Waals surface area contributed by atoms with Gasteiger partial charge in [-0.1, -0.05) is 25.5 Å². The predicted octanol–water partition coefficient (Wildman–Crippen LogP) is 4.05. The molecule has 22 heavy (non-hydrogen) atoms. The summed E-state index contributed by atoms with van der Waals surface area (Å²) in [4.78, 5) is 11.7. The zero-order chi connectivity index (χ0) is 15.8. The fourth-order valence-electron chi connectivity index (χ4n) is 6.44. The van der Waals surface area contributed by atoms with Gasteiger partial charge < -0.3 is 5.11 Å². The SMILES string of the molecule is C[C@]1(O)CC[C@H]2[C@H]3CCC4=CC(=O)C=C[C@@]4(C)[C@H]3CC[C@@]21C. The lowest BCUT2D eigenvalue weighted by molar-refractivity contribution is -0.114. The molecule has 3 fully saturated rings. The van der Waals surface area contributed by atoms with Crippen LogP contribution in [0, 0.1) is 28.6 Å². The number of hydrogen-bond donors (Lipinski definition) is 1. The monoisotopic (exact) mass is 300 g/mol. The van der Waals surface area contributed by atoms with Crippen LogP contribution in [0.1, 0.15) is 59.3 Å². The molecule has 2 nitrogen and oxygen atoms in total. The van der Waals surface area contributed by atoms with Crippen LogP contribution in [0.2, 0.25) is 0 Å². The summed E-state index contributed by atoms with van der Waals surface area (Å²) < 4.78 is 0. The summed E-state index contributed by atoms with van der Waals surface area (Å²) in [6.07, 6.45) is 12.5. The van der Waals surface area contributed by atoms with Gasteiger partial charge in [-0.25, -0.2) is 0 Å². The average Bonchev–Trinajstić information content (AvgIpc) is 2.70. The molecule has 2 heteroatoms. The molecule has 0 unspecified atom stereocenters. The van der Waals surface area contributed by atoms with Crippen molar-refractivity contribution in [3.8, 4) is 0 Å². The first kappa shape index (κ1) is 14.7. The Kier molecular flexibility index (Phi) is 2.90. The Morgan fingerprint density at radius 2 is 1.82 bits per heavy atom. The molecule has 4 aliphatic rings. The van der Waals surface area contributed by atoms with Gasteiger partial charge in [-0.05, 0) is 80.8 Å². The number of carbonyl (C=O) groups is 1. The topological polar surface area (TPSA) is 37.3 Å². The maximum atomic E-state index is 11.7. The Morgan fingerprint density at radius 3 is 2.59 bits per heavy atom. The second kappa shape index (κ2) is 4.35. The van der Waals surface area contributed by atoms with Crippen LogP contribution in [0.5, 0.6) is 0 Å². The highest BCUT2D eigenvalue weighted by Crippen LogP contribution is 2.66. The van der Waals surface area contributed by atoms with E-state index in [1.807, 2.05) is 6.08 Å². The summed E-state index contributed by atoms with van der Waals surface area (Å²) in [6, 6.07) is 0. The van der Waals surface area contributed by atoms with Crippen LogP contribution in [0.15, 0.2) is 23.8 Å². The van der Waals surface area contributed by atoms with Crippen molar-refractivity contribution in [3.05, 3.63) is 23.8 Å². The number of rotatable bonds is 0. The van der Waals surface area contributed by atoms with Gasteiger partial charge in [0, 0.05) is 5.41 Å². The minimum atomic E-state index is -0.502. The van der Waals surface area contributed by atoms with Crippen molar-refractivity contribution in [1.29, 1.82) is 0 Å². The molecule has 0 amide bonds. The molecule has 0 radical (unpaired) electrons. The van der Waals surface area contributed by atoms with E-state index >= 15 is 0 Å². The van der Waals surface area contributed by atoms with Crippen LogP contribution < -0.4 is 0 Å². The summed E-state index contributed by atoms with van der Waals surface area (Å²) in [5.41, 5.74) is 1.01. The first-order chi connectivity index (χ1) is 10.3. The molecule has 0 bridgehead atoms. The quantitative estimate of drug-likeness (QED) is 0.733. The third-order valence-electron chi connectivity index (χ3n) is 8.12. The Morgan fingerprint density at radius 1 is 1.09 bits per heavy atom. The average molecular weight is 300 g/mol. The second-order valence-electron chi connectivity index (χ2n) is 8.87. The van der Waals surface area contributed by atoms with Crippen molar-refractivity contribution in [2.24, 2.45) is 28.6 Å². The standard InChI is InChI=1S/C20H28O2/c1-18-9-6-14(21)12-13(18)4-5-15-16(18)7-10-19(2)17(15)8-11-20(19,3)22/h6,9,12,15-17,22H,4-5,7-8,10-11H2,1-3H3/t15-,16-,17-,18+,19-,20-/m0/s1. The lowest BCUT2D eigenvalue weighted by Gasteiger charge is -2.57. The van der Waals surface area contributed by atoms with Crippen LogP contribution in [-0.2, 0) is 4.79 Å². The zero-order valence-electron chi connectivity index (χ0n) is 14.1. The van der Waals surface area contributed by atoms with Gasteiger partial charge in [0.05, 0.1) is 5.60 Å². The van der Waals surface area contributed by atoms with Crippen molar-refractivity contribution < 1.29 is 9.90 Å². The fourth-order valence-corrected chi connectivity index (χ4v) is 6.44. The minimum absolute atomic E-state index is 0.0760. The van der Waals surface area contributed by atoms with Gasteiger partial charge in [0.2, 0.25) is 0 Å². The molecule has 120 valence electrons. The number of carbonyl (C=O) groups excluding carboxylic acids is 1. The lowest BCUT2D eigenvalue weighted by Crippen LogP contribution is -2.53. The van der Waals surface area contributed by atoms with E-state index in [-0.39, 0.29) is 16.6 Å². The summed E-state index contributed by atoms with van der Waals surface area (Å²) in [5.74, 6) is 2.15. The normalized spacial score (nSPS) is 53.5. The van der Waals surface area contributed by atoms with Crippen molar-refractivity contribution >= 4 is 5.78 Å². The number of aliphatic hydroxyl groups is 1. The van der Waals surface area contributed by atoms with Gasteiger partial charge in [-0.3, -0.25) is 4.79 Å². The minimum Gasteiger partial charge on any atom is -0.390 e. The van der Waals surface area contributed by atoms with Crippen LogP contribution in [0.3, 0.4) is 0 Å². The maximum absolute atomic E-state index is 11.7. The Bertz CT molecular complexity index is 585. The molecule has 0 aromatic carbocycles. The van der Waals surface area contributed by atoms with Crippen LogP contribution in [0.25, 0.3) is 0 Å². The van der Waals surface area contributed by atoms with Crippen molar-refractivity contribution in [1.82, 2.24) is 0 Å². The van der Waals surface area contributed by atoms with Crippen LogP contribution >= 0.6 is 0 Å². The Hall–Kier alpha value is -0.890. The molecular weight excluding hydrogens is 272 g/mol. The Balaban J connectivity index is 1.71. The molecule has 1 N–H and O–H groups in total. The number of allylic oxidation sites excluding steroid dienone is 4. The third kappa shape index (κ3) is 1.68. The molecule has 6 atom stereocenters. The molecule has 0 spiro atoms. The summed E-state index contributed by atoms with van der Waals surface area (Å²) in [7, 11) is 0. The van der Waals surface area contributed by atoms with E-state index in [4.69, 9.17) is 0 Å². The number of hydrogen-bond acceptors (Lipinski definition) is 2. The second-order valence-corrected chi connectivity index (χ2v) is 8.87. The maximum Gasteiger partial charge on any atom is 0.178 e. The molecule has 4 rings (SSSR count). The molecule has 3 saturated carbocycles. The highest BCUT2D eigenvalue weighted by Gasteiger charge is 2.61. The first-order valence-corrected chi connectivity index (χ1v) is 8.95. The van der Waals surface area contributed by atoms with Gasteiger partial charge in [-0.2, -0.15) is 0 Å². The highest BCUT2D eigenvalue weighted by molar-refractivity contribution is 6.01. The van der Waals surface area contributed by atoms with Crippen molar-refractivity contribution in [2.45, 2.75) is 64.9 Å². The summed E-state index contributed by atoms with van der Waals surface area (Å²) in [6.45, 7) is 6.73. The third-order valence-corrected chi connectivity index (χ3v) is 8.12. The van der Waals surface area contributed by atoms with E-state index in [0.717, 1.165) is 19.3 Å². The summed E-state index contributed by atoms with van der Waals surface area (Å²) >= 11 is 0. The van der Waals surface area contributed by atoms with Crippen LogP contribution in [-0.4, -0.2) is 16.5 Å². The van der Waals surface area contributed by atoms with E-state index in [1.54, 1.807) is 6.08 Å². The lowest BCUT2D eigenvalue weighted by atomic mass is 9.47. The molecule has 0 aromatic heterocycles. The smallest absolute Gasteiger partial charge is 0.178 e. The largest absolute Gasteiger partial charge is 0.390 e. The highest BCUT2D eigenvalue weighted by atomic mass is 16.3. The van der Waals surface area contributed by atoms with E-state index in [9.17, 15) is 9.90 Å². The van der Waals surface area contributed by atoms with Gasteiger partial charge in [0.1, 0.15) is 0 Å². The molecule has 0 heterocycles. The molecule has 4 aliphatic carbocycles. The van der Waals surface area contributed by atoms with Gasteiger partial charge in [0.15, 0.2) is 5.78 Å². The predicted molar refractivity (Wildman–Crippen MR) is 87.2 cm³/mol.